The molecule has 0 amide bonds. The van der Waals surface area contributed by atoms with E-state index in [0.29, 0.717) is 6.61 Å². The van der Waals surface area contributed by atoms with Gasteiger partial charge in [-0.1, -0.05) is 33.8 Å². The van der Waals surface area contributed by atoms with Crippen molar-refractivity contribution in [2.24, 2.45) is 23.7 Å². The maximum Gasteiger partial charge on any atom is 0.163 e. The largest absolute Gasteiger partial charge is 0.363 e. The van der Waals surface area contributed by atoms with Crippen LogP contribution in [-0.4, -0.2) is 113 Å². The van der Waals surface area contributed by atoms with E-state index in [1.54, 1.807) is 0 Å². The lowest BCUT2D eigenvalue weighted by Gasteiger charge is -2.44. The van der Waals surface area contributed by atoms with Gasteiger partial charge in [-0.05, 0) is 12.8 Å². The third kappa shape index (κ3) is 11.0. The van der Waals surface area contributed by atoms with Crippen LogP contribution in [0.15, 0.2) is 12.7 Å². The number of allylic oxidation sites excluding steroid dienone is 1. The van der Waals surface area contributed by atoms with Gasteiger partial charge in [0.15, 0.2) is 25.2 Å². The molecule has 4 aliphatic rings. The summed E-state index contributed by atoms with van der Waals surface area (Å²) in [5.74, 6) is -0.316. The van der Waals surface area contributed by atoms with Crippen LogP contribution in [0.4, 0.5) is 0 Å². The monoisotopic (exact) mass is 828 g/mol. The molecule has 4 rings (SSSR count). The predicted molar refractivity (Wildman–Crippen MR) is 203 cm³/mol. The molecule has 0 aliphatic carbocycles. The molecule has 0 bridgehead atoms. The number of hydrogen-bond donors (Lipinski definition) is 0. The Hall–Kier alpha value is 1.76. The Morgan fingerprint density at radius 1 is 0.480 bits per heavy atom. The summed E-state index contributed by atoms with van der Waals surface area (Å²) in [4.78, 5) is 0. The van der Waals surface area contributed by atoms with Crippen molar-refractivity contribution in [1.29, 1.82) is 0 Å². The molecule has 20 unspecified atom stereocenters. The molecule has 0 radical (unpaired) electrons. The van der Waals surface area contributed by atoms with Gasteiger partial charge in [0.2, 0.25) is 0 Å². The summed E-state index contributed by atoms with van der Waals surface area (Å²) in [7, 11) is 13.9. The van der Waals surface area contributed by atoms with Crippen LogP contribution in [-0.2, 0) is 65.0 Å². The third-order valence-electron chi connectivity index (χ3n) is 9.97. The predicted octanol–water partition coefficient (Wildman–Crippen LogP) is 4.15. The first kappa shape index (κ1) is 44.5. The third-order valence-corrected chi connectivity index (χ3v) is 11.7. The Bertz CT molecular complexity index is 998. The summed E-state index contributed by atoms with van der Waals surface area (Å²) in [6.45, 7) is 13.4. The maximum absolute atomic E-state index is 6.34. The molecule has 4 saturated heterocycles. The van der Waals surface area contributed by atoms with Crippen molar-refractivity contribution in [3.8, 4) is 0 Å². The van der Waals surface area contributed by atoms with Crippen molar-refractivity contribution in [2.45, 2.75) is 121 Å². The fraction of sp³-hybridized carbons (Fsp3) is 0.933. The topological polar surface area (TPSA) is 129 Å². The Kier molecular flexibility index (Phi) is 20.0. The lowest BCUT2D eigenvalue weighted by Crippen LogP contribution is -2.56. The maximum atomic E-state index is 6.34. The van der Waals surface area contributed by atoms with Gasteiger partial charge in [-0.25, -0.2) is 0 Å². The van der Waals surface area contributed by atoms with E-state index in [9.17, 15) is 0 Å². The molecule has 0 spiro atoms. The standard InChI is InChI=1S/C30H58O14P6/c1-6-7-8-9-31-27-14(2)22(40-46)18(36-27)10-32-28-15(3)23(41-47)19(37-28)11-33-29-16(4)24(42-48)20(38-29)12-34-30-17(5)25(43-49)26(44-50)21(39-30)13-35-45/h6,14-30H,1,7-13,45-50H2,2-5H3/t14?,15?,16?,17?,18?,19?,20?,21?,22?,23?,24?,25-,26+,27?,28?,29?,30+/m1/s1. The van der Waals surface area contributed by atoms with Gasteiger partial charge in [-0.3, -0.25) is 0 Å². The van der Waals surface area contributed by atoms with Crippen molar-refractivity contribution in [3.63, 3.8) is 0 Å². The van der Waals surface area contributed by atoms with Gasteiger partial charge in [-0.2, -0.15) is 0 Å². The average Bonchev–Trinajstić information content (AvgIpc) is 3.71. The minimum Gasteiger partial charge on any atom is -0.363 e. The van der Waals surface area contributed by atoms with Crippen molar-refractivity contribution >= 4 is 56.8 Å². The summed E-state index contributed by atoms with van der Waals surface area (Å²) < 4.78 is 83.7. The molecule has 4 heterocycles. The molecule has 292 valence electrons. The van der Waals surface area contributed by atoms with Gasteiger partial charge < -0.3 is 65.0 Å². The molecule has 20 heteroatoms. The molecule has 0 aromatic carbocycles. The number of rotatable bonds is 21. The molecule has 4 fully saturated rings. The molecule has 23 atom stereocenters. The van der Waals surface area contributed by atoms with E-state index in [-0.39, 0.29) is 93.0 Å². The number of ether oxygens (including phenoxy) is 8. The van der Waals surface area contributed by atoms with Crippen molar-refractivity contribution in [1.82, 2.24) is 0 Å². The second-order valence-corrected chi connectivity index (χ2v) is 14.9. The SMILES string of the molecule is C=CCCCOC1OC(COC2OC(COC3OC(CO[C@H]4OC(COP)[C@H](OP)[C@H](OP)C4C)C(OP)C3C)C(OP)C2C)C(OP)C1C. The first-order valence-electron chi connectivity index (χ1n) is 17.0. The first-order valence-corrected chi connectivity index (χ1v) is 19.8. The van der Waals surface area contributed by atoms with E-state index in [1.807, 2.05) is 26.8 Å². The second-order valence-electron chi connectivity index (χ2n) is 13.2. The summed E-state index contributed by atoms with van der Waals surface area (Å²) in [6, 6.07) is 0. The fourth-order valence-corrected chi connectivity index (χ4v) is 9.23. The van der Waals surface area contributed by atoms with E-state index in [2.05, 4.69) is 70.3 Å². The lowest BCUT2D eigenvalue weighted by molar-refractivity contribution is -0.278. The molecule has 14 nitrogen and oxygen atoms in total. The zero-order valence-corrected chi connectivity index (χ0v) is 36.2. The lowest BCUT2D eigenvalue weighted by atomic mass is 9.92. The molecular weight excluding hydrogens is 770 g/mol. The van der Waals surface area contributed by atoms with Gasteiger partial charge in [0, 0.05) is 80.5 Å². The quantitative estimate of drug-likeness (QED) is 0.0934. The van der Waals surface area contributed by atoms with E-state index in [4.69, 9.17) is 65.0 Å². The Labute approximate surface area is 311 Å². The smallest absolute Gasteiger partial charge is 0.163 e. The highest BCUT2D eigenvalue weighted by Crippen LogP contribution is 2.38. The van der Waals surface area contributed by atoms with Gasteiger partial charge in [0.05, 0.1) is 57.5 Å². The van der Waals surface area contributed by atoms with E-state index >= 15 is 0 Å². The average molecular weight is 829 g/mol. The van der Waals surface area contributed by atoms with Crippen LogP contribution < -0.4 is 0 Å². The van der Waals surface area contributed by atoms with Gasteiger partial charge >= 0.3 is 0 Å². The molecule has 0 aromatic rings. The fourth-order valence-electron chi connectivity index (χ4n) is 7.03. The van der Waals surface area contributed by atoms with Crippen LogP contribution in [0.25, 0.3) is 0 Å². The Morgan fingerprint density at radius 2 is 0.820 bits per heavy atom. The van der Waals surface area contributed by atoms with Gasteiger partial charge in [0.25, 0.3) is 0 Å². The summed E-state index contributed by atoms with van der Waals surface area (Å²) >= 11 is 0. The summed E-state index contributed by atoms with van der Waals surface area (Å²) in [6.07, 6.45) is -1.47. The van der Waals surface area contributed by atoms with Crippen LogP contribution >= 0.6 is 56.8 Å². The highest BCUT2D eigenvalue weighted by Gasteiger charge is 2.50. The van der Waals surface area contributed by atoms with Crippen LogP contribution in [0.2, 0.25) is 0 Å². The first-order chi connectivity index (χ1) is 24.2. The van der Waals surface area contributed by atoms with Crippen LogP contribution in [0.5, 0.6) is 0 Å². The second kappa shape index (κ2) is 22.5. The summed E-state index contributed by atoms with van der Waals surface area (Å²) in [5.41, 5.74) is 0. The van der Waals surface area contributed by atoms with Gasteiger partial charge in [0.1, 0.15) is 30.5 Å². The molecule has 4 aliphatic heterocycles. The van der Waals surface area contributed by atoms with Crippen molar-refractivity contribution < 1.29 is 65.0 Å². The van der Waals surface area contributed by atoms with Crippen LogP contribution in [0, 0.1) is 23.7 Å². The van der Waals surface area contributed by atoms with E-state index in [1.165, 1.54) is 0 Å². The molecular formula is C30H58O14P6. The zero-order valence-electron chi connectivity index (χ0n) is 29.2. The minimum atomic E-state index is -0.590. The zero-order chi connectivity index (χ0) is 36.4. The molecule has 0 N–H and O–H groups in total. The normalized spacial score (nSPS) is 43.5. The highest BCUT2D eigenvalue weighted by atomic mass is 31.0. The highest BCUT2D eigenvalue weighted by molar-refractivity contribution is 7.10. The Morgan fingerprint density at radius 3 is 1.16 bits per heavy atom. The van der Waals surface area contributed by atoms with Crippen molar-refractivity contribution in [2.75, 3.05) is 33.0 Å². The molecule has 50 heavy (non-hydrogen) atoms. The van der Waals surface area contributed by atoms with E-state index < -0.39 is 37.2 Å². The number of unbranched alkanes of at least 4 members (excludes halogenated alkanes) is 1. The van der Waals surface area contributed by atoms with Crippen LogP contribution in [0.3, 0.4) is 0 Å². The van der Waals surface area contributed by atoms with Crippen LogP contribution in [0.1, 0.15) is 40.5 Å². The number of hydrogen-bond acceptors (Lipinski definition) is 14. The van der Waals surface area contributed by atoms with Crippen molar-refractivity contribution in [3.05, 3.63) is 12.7 Å². The van der Waals surface area contributed by atoms with Gasteiger partial charge in [-0.15, -0.1) is 6.58 Å². The summed E-state index contributed by atoms with van der Waals surface area (Å²) in [5, 5.41) is 0. The Balaban J connectivity index is 1.28. The molecule has 0 aromatic heterocycles. The van der Waals surface area contributed by atoms with E-state index in [0.717, 1.165) is 12.8 Å². The molecule has 0 saturated carbocycles. The minimum absolute atomic E-state index is 0.0295.